The molecule has 0 fully saturated rings. The number of thiazole rings is 1. The fraction of sp³-hybridized carbons (Fsp3) is 0.316. The summed E-state index contributed by atoms with van der Waals surface area (Å²) in [4.78, 5) is 8.52. The third-order valence-corrected chi connectivity index (χ3v) is 5.51. The SMILES string of the molecule is CCN(Cc1csc(COc2ccc(C)cc2)n1)Cc1cccs1. The van der Waals surface area contributed by atoms with Gasteiger partial charge in [0.15, 0.2) is 0 Å². The van der Waals surface area contributed by atoms with Crippen molar-refractivity contribution in [3.63, 3.8) is 0 Å². The summed E-state index contributed by atoms with van der Waals surface area (Å²) in [7, 11) is 0. The third-order valence-electron chi connectivity index (χ3n) is 3.77. The molecule has 2 heterocycles. The fourth-order valence-electron chi connectivity index (χ4n) is 2.40. The van der Waals surface area contributed by atoms with Crippen molar-refractivity contribution < 1.29 is 4.74 Å². The second-order valence-electron chi connectivity index (χ2n) is 5.72. The number of thiophene rings is 1. The zero-order valence-corrected chi connectivity index (χ0v) is 15.7. The first-order chi connectivity index (χ1) is 11.7. The Labute approximate surface area is 151 Å². The number of nitrogens with zero attached hydrogens (tertiary/aromatic N) is 2. The normalized spacial score (nSPS) is 11.1. The Morgan fingerprint density at radius 3 is 2.62 bits per heavy atom. The van der Waals surface area contributed by atoms with E-state index >= 15 is 0 Å². The molecule has 0 N–H and O–H groups in total. The van der Waals surface area contributed by atoms with Gasteiger partial charge in [-0.15, -0.1) is 22.7 Å². The van der Waals surface area contributed by atoms with E-state index in [1.165, 1.54) is 10.4 Å². The van der Waals surface area contributed by atoms with Crippen LogP contribution in [-0.2, 0) is 19.7 Å². The summed E-state index contributed by atoms with van der Waals surface area (Å²) in [6.07, 6.45) is 0. The van der Waals surface area contributed by atoms with Gasteiger partial charge in [0.1, 0.15) is 17.4 Å². The highest BCUT2D eigenvalue weighted by molar-refractivity contribution is 7.10. The van der Waals surface area contributed by atoms with Gasteiger partial charge >= 0.3 is 0 Å². The molecule has 0 aliphatic carbocycles. The Morgan fingerprint density at radius 2 is 1.92 bits per heavy atom. The summed E-state index contributed by atoms with van der Waals surface area (Å²) in [6, 6.07) is 12.4. The van der Waals surface area contributed by atoms with Gasteiger partial charge in [-0.05, 0) is 37.0 Å². The third kappa shape index (κ3) is 4.90. The van der Waals surface area contributed by atoms with Crippen LogP contribution in [0, 0.1) is 6.92 Å². The minimum atomic E-state index is 0.533. The van der Waals surface area contributed by atoms with Crippen molar-refractivity contribution in [1.29, 1.82) is 0 Å². The highest BCUT2D eigenvalue weighted by atomic mass is 32.1. The van der Waals surface area contributed by atoms with Crippen molar-refractivity contribution >= 4 is 22.7 Å². The molecule has 0 saturated heterocycles. The molecule has 24 heavy (non-hydrogen) atoms. The van der Waals surface area contributed by atoms with Crippen LogP contribution in [0.4, 0.5) is 0 Å². The van der Waals surface area contributed by atoms with Crippen molar-refractivity contribution in [1.82, 2.24) is 9.88 Å². The quantitative estimate of drug-likeness (QED) is 0.559. The number of ether oxygens (including phenoxy) is 1. The maximum Gasteiger partial charge on any atom is 0.140 e. The summed E-state index contributed by atoms with van der Waals surface area (Å²) in [5, 5.41) is 5.30. The first-order valence-electron chi connectivity index (χ1n) is 8.10. The van der Waals surface area contributed by atoms with E-state index in [0.29, 0.717) is 6.61 Å². The lowest BCUT2D eigenvalue weighted by Gasteiger charge is -2.18. The molecule has 0 aliphatic rings. The van der Waals surface area contributed by atoms with Crippen LogP contribution in [0.3, 0.4) is 0 Å². The van der Waals surface area contributed by atoms with Gasteiger partial charge in [0.05, 0.1) is 5.69 Å². The molecule has 0 bridgehead atoms. The predicted octanol–water partition coefficient (Wildman–Crippen LogP) is 5.11. The van der Waals surface area contributed by atoms with Gasteiger partial charge in [-0.2, -0.15) is 0 Å². The Hall–Kier alpha value is -1.69. The molecule has 2 aromatic heterocycles. The zero-order chi connectivity index (χ0) is 16.8. The average Bonchev–Trinajstić information content (AvgIpc) is 3.26. The second-order valence-corrected chi connectivity index (χ2v) is 7.69. The van der Waals surface area contributed by atoms with Gasteiger partial charge in [-0.3, -0.25) is 4.90 Å². The number of aromatic nitrogens is 1. The number of hydrogen-bond acceptors (Lipinski definition) is 5. The van der Waals surface area contributed by atoms with Gasteiger partial charge < -0.3 is 4.74 Å². The molecule has 0 spiro atoms. The van der Waals surface area contributed by atoms with Crippen LogP contribution in [0.2, 0.25) is 0 Å². The van der Waals surface area contributed by atoms with Gasteiger partial charge in [0.25, 0.3) is 0 Å². The minimum absolute atomic E-state index is 0.533. The molecule has 1 aromatic carbocycles. The molecule has 126 valence electrons. The molecule has 5 heteroatoms. The molecule has 0 amide bonds. The van der Waals surface area contributed by atoms with Gasteiger partial charge in [-0.25, -0.2) is 4.98 Å². The number of benzene rings is 1. The Bertz CT molecular complexity index is 735. The van der Waals surface area contributed by atoms with E-state index < -0.39 is 0 Å². The fourth-order valence-corrected chi connectivity index (χ4v) is 3.84. The highest BCUT2D eigenvalue weighted by Crippen LogP contribution is 2.18. The van der Waals surface area contributed by atoms with Crippen LogP contribution >= 0.6 is 22.7 Å². The average molecular weight is 359 g/mol. The number of aryl methyl sites for hydroxylation is 1. The summed E-state index contributed by atoms with van der Waals surface area (Å²) in [5.74, 6) is 0.894. The lowest BCUT2D eigenvalue weighted by molar-refractivity contribution is 0.269. The Morgan fingerprint density at radius 1 is 1.08 bits per heavy atom. The van der Waals surface area contributed by atoms with Gasteiger partial charge in [0, 0.05) is 23.3 Å². The van der Waals surface area contributed by atoms with E-state index in [2.05, 4.69) is 53.8 Å². The Kier molecular flexibility index (Phi) is 6.01. The molecule has 0 atom stereocenters. The second kappa shape index (κ2) is 8.42. The van der Waals surface area contributed by atoms with Crippen molar-refractivity contribution in [2.24, 2.45) is 0 Å². The lowest BCUT2D eigenvalue weighted by Crippen LogP contribution is -2.22. The largest absolute Gasteiger partial charge is 0.486 e. The maximum absolute atomic E-state index is 5.81. The van der Waals surface area contributed by atoms with E-state index in [9.17, 15) is 0 Å². The van der Waals surface area contributed by atoms with Crippen molar-refractivity contribution in [2.75, 3.05) is 6.54 Å². The van der Waals surface area contributed by atoms with Gasteiger partial charge in [-0.1, -0.05) is 30.7 Å². The maximum atomic E-state index is 5.81. The van der Waals surface area contributed by atoms with E-state index in [1.807, 2.05) is 23.5 Å². The summed E-state index contributed by atoms with van der Waals surface area (Å²) < 4.78 is 5.81. The first-order valence-corrected chi connectivity index (χ1v) is 9.86. The summed E-state index contributed by atoms with van der Waals surface area (Å²) in [5.41, 5.74) is 2.37. The molecular weight excluding hydrogens is 336 g/mol. The molecule has 0 saturated carbocycles. The molecule has 0 unspecified atom stereocenters. The van der Waals surface area contributed by atoms with Crippen molar-refractivity contribution in [2.45, 2.75) is 33.5 Å². The summed E-state index contributed by atoms with van der Waals surface area (Å²) >= 11 is 3.48. The Balaban J connectivity index is 1.53. The number of hydrogen-bond donors (Lipinski definition) is 0. The predicted molar refractivity (Wildman–Crippen MR) is 102 cm³/mol. The van der Waals surface area contributed by atoms with Crippen LogP contribution in [0.5, 0.6) is 5.75 Å². The standard InChI is InChI=1S/C19H22N2OS2/c1-3-21(12-18-5-4-10-23-18)11-16-14-24-19(20-16)13-22-17-8-6-15(2)7-9-17/h4-10,14H,3,11-13H2,1-2H3. The lowest BCUT2D eigenvalue weighted by atomic mass is 10.2. The van der Waals surface area contributed by atoms with Crippen molar-refractivity contribution in [3.05, 3.63) is 68.3 Å². The van der Waals surface area contributed by atoms with Crippen LogP contribution < -0.4 is 4.74 Å². The van der Waals surface area contributed by atoms with Crippen LogP contribution in [-0.4, -0.2) is 16.4 Å². The van der Waals surface area contributed by atoms with E-state index in [0.717, 1.165) is 36.1 Å². The molecule has 0 aliphatic heterocycles. The topological polar surface area (TPSA) is 25.4 Å². The molecular formula is C19H22N2OS2. The smallest absolute Gasteiger partial charge is 0.140 e. The molecule has 0 radical (unpaired) electrons. The minimum Gasteiger partial charge on any atom is -0.486 e. The molecule has 3 aromatic rings. The highest BCUT2D eigenvalue weighted by Gasteiger charge is 2.09. The van der Waals surface area contributed by atoms with Crippen LogP contribution in [0.1, 0.15) is 28.1 Å². The van der Waals surface area contributed by atoms with Gasteiger partial charge in [0.2, 0.25) is 0 Å². The zero-order valence-electron chi connectivity index (χ0n) is 14.1. The van der Waals surface area contributed by atoms with Crippen LogP contribution in [0.15, 0.2) is 47.2 Å². The summed E-state index contributed by atoms with van der Waals surface area (Å²) in [6.45, 7) is 7.69. The molecule has 3 nitrogen and oxygen atoms in total. The molecule has 3 rings (SSSR count). The number of rotatable bonds is 8. The monoisotopic (exact) mass is 358 g/mol. The van der Waals surface area contributed by atoms with E-state index in [4.69, 9.17) is 9.72 Å². The first kappa shape index (κ1) is 17.1. The van der Waals surface area contributed by atoms with Crippen molar-refractivity contribution in [3.8, 4) is 5.75 Å². The van der Waals surface area contributed by atoms with Crippen LogP contribution in [0.25, 0.3) is 0 Å². The van der Waals surface area contributed by atoms with E-state index in [-0.39, 0.29) is 0 Å². The van der Waals surface area contributed by atoms with E-state index in [1.54, 1.807) is 11.3 Å².